The van der Waals surface area contributed by atoms with Crippen LogP contribution in [-0.4, -0.2) is 34.9 Å². The van der Waals surface area contributed by atoms with E-state index < -0.39 is 13.6 Å². The van der Waals surface area contributed by atoms with Crippen LogP contribution in [0.25, 0.3) is 0 Å². The summed E-state index contributed by atoms with van der Waals surface area (Å²) in [4.78, 5) is 0. The van der Waals surface area contributed by atoms with Gasteiger partial charge in [0.15, 0.2) is 0 Å². The van der Waals surface area contributed by atoms with E-state index >= 15 is 0 Å². The van der Waals surface area contributed by atoms with Gasteiger partial charge in [-0.1, -0.05) is 0 Å². The first-order valence-corrected chi connectivity index (χ1v) is 13.9. The van der Waals surface area contributed by atoms with Crippen LogP contribution < -0.4 is 31.6 Å². The molecule has 0 N–H and O–H groups in total. The van der Waals surface area contributed by atoms with Crippen molar-refractivity contribution in [2.45, 2.75) is 0 Å². The van der Waals surface area contributed by atoms with E-state index in [1.165, 1.54) is 17.4 Å². The Labute approximate surface area is 186 Å². The molecule has 0 heterocycles. The molecule has 4 aromatic carbocycles. The van der Waals surface area contributed by atoms with E-state index in [-0.39, 0.29) is 0 Å². The Morgan fingerprint density at radius 2 is 0.677 bits per heavy atom. The summed E-state index contributed by atoms with van der Waals surface area (Å²) in [6, 6.07) is 36.5. The van der Waals surface area contributed by atoms with Crippen LogP contribution in [0.2, 0.25) is 0 Å². The van der Waals surface area contributed by atoms with Crippen LogP contribution in [0.5, 0.6) is 17.2 Å². The fraction of sp³-hybridized carbons (Fsp3) is 0.111. The van der Waals surface area contributed by atoms with Gasteiger partial charge >= 0.3 is 187 Å². The molecule has 0 radical (unpaired) electrons. The topological polar surface area (TPSA) is 27.7 Å². The predicted octanol–water partition coefficient (Wildman–Crippen LogP) is 3.09. The molecule has 0 aliphatic rings. The number of benzene rings is 4. The number of methoxy groups -OCH3 is 3. The second-order valence-electron chi connectivity index (χ2n) is 7.10. The molecule has 4 aromatic rings. The molecule has 0 aliphatic heterocycles. The molecule has 0 amide bonds. The summed E-state index contributed by atoms with van der Waals surface area (Å²) in [5, 5.41) is 0. The first-order chi connectivity index (χ1) is 15.2. The first-order valence-electron chi connectivity index (χ1n) is 10.1. The Balaban J connectivity index is 2.05. The third-order valence-corrected chi connectivity index (χ3v) is 14.5. The van der Waals surface area contributed by atoms with Gasteiger partial charge in [0, 0.05) is 0 Å². The molecule has 3 nitrogen and oxygen atoms in total. The third-order valence-electron chi connectivity index (χ3n) is 5.52. The summed E-state index contributed by atoms with van der Waals surface area (Å²) in [7, 11) is 5.10. The van der Waals surface area contributed by atoms with Crippen LogP contribution >= 0.6 is 0 Å². The van der Waals surface area contributed by atoms with Crippen molar-refractivity contribution in [2.75, 3.05) is 21.3 Å². The molecular formula is C27H26AsO3+. The Kier molecular flexibility index (Phi) is 6.34. The molecule has 0 bridgehead atoms. The predicted molar refractivity (Wildman–Crippen MR) is 130 cm³/mol. The number of hydrogen-bond donors (Lipinski definition) is 0. The maximum absolute atomic E-state index is 5.45. The summed E-state index contributed by atoms with van der Waals surface area (Å²) in [6.07, 6.45) is 0. The van der Waals surface area contributed by atoms with Gasteiger partial charge in [-0.05, 0) is 0 Å². The first kappa shape index (κ1) is 21.1. The van der Waals surface area contributed by atoms with Crippen LogP contribution in [0.3, 0.4) is 0 Å². The minimum absolute atomic E-state index is 0.856. The average Bonchev–Trinajstić information content (AvgIpc) is 2.86. The molecule has 31 heavy (non-hydrogen) atoms. The Bertz CT molecular complexity index is 990. The molecule has 4 heteroatoms. The van der Waals surface area contributed by atoms with E-state index in [1.807, 2.05) is 0 Å². The van der Waals surface area contributed by atoms with Crippen LogP contribution in [0.1, 0.15) is 0 Å². The zero-order valence-electron chi connectivity index (χ0n) is 18.0. The van der Waals surface area contributed by atoms with E-state index in [2.05, 4.69) is 103 Å². The molecule has 0 unspecified atom stereocenters. The monoisotopic (exact) mass is 473 g/mol. The zero-order chi connectivity index (χ0) is 21.7. The van der Waals surface area contributed by atoms with Crippen molar-refractivity contribution < 1.29 is 14.2 Å². The SMILES string of the molecule is COc1ccc([As+](c2ccccc2)(c2ccc(OC)cc2)c2ccc(OC)cc2)cc1. The number of hydrogen-bond acceptors (Lipinski definition) is 3. The summed E-state index contributed by atoms with van der Waals surface area (Å²) in [6.45, 7) is 0. The van der Waals surface area contributed by atoms with Gasteiger partial charge in [0.2, 0.25) is 0 Å². The van der Waals surface area contributed by atoms with E-state index in [9.17, 15) is 0 Å². The van der Waals surface area contributed by atoms with Crippen molar-refractivity contribution in [1.82, 2.24) is 0 Å². The Morgan fingerprint density at radius 3 is 0.968 bits per heavy atom. The van der Waals surface area contributed by atoms with Gasteiger partial charge in [0.05, 0.1) is 0 Å². The van der Waals surface area contributed by atoms with Crippen molar-refractivity contribution in [1.29, 1.82) is 0 Å². The molecular weight excluding hydrogens is 447 g/mol. The van der Waals surface area contributed by atoms with Crippen molar-refractivity contribution in [3.63, 3.8) is 0 Å². The minimum atomic E-state index is -3.06. The van der Waals surface area contributed by atoms with Gasteiger partial charge in [-0.15, -0.1) is 0 Å². The average molecular weight is 473 g/mol. The van der Waals surface area contributed by atoms with Gasteiger partial charge in [0.1, 0.15) is 0 Å². The normalized spacial score (nSPS) is 11.1. The van der Waals surface area contributed by atoms with Crippen LogP contribution in [0.4, 0.5) is 0 Å². The fourth-order valence-electron chi connectivity index (χ4n) is 3.96. The Morgan fingerprint density at radius 1 is 0.387 bits per heavy atom. The molecule has 4 rings (SSSR count). The van der Waals surface area contributed by atoms with Gasteiger partial charge in [-0.25, -0.2) is 0 Å². The fourth-order valence-corrected chi connectivity index (χ4v) is 12.8. The van der Waals surface area contributed by atoms with Crippen molar-refractivity contribution in [2.24, 2.45) is 0 Å². The van der Waals surface area contributed by atoms with Crippen LogP contribution in [-0.2, 0) is 0 Å². The molecule has 0 aromatic heterocycles. The zero-order valence-corrected chi connectivity index (χ0v) is 19.9. The van der Waals surface area contributed by atoms with E-state index in [4.69, 9.17) is 14.2 Å². The summed E-state index contributed by atoms with van der Waals surface area (Å²) in [5.41, 5.74) is 0. The molecule has 0 atom stereocenters. The van der Waals surface area contributed by atoms with Crippen molar-refractivity contribution in [3.05, 3.63) is 103 Å². The molecule has 0 aliphatic carbocycles. The number of ether oxygens (including phenoxy) is 3. The van der Waals surface area contributed by atoms with E-state index in [0.717, 1.165) is 17.2 Å². The molecule has 0 fully saturated rings. The van der Waals surface area contributed by atoms with Gasteiger partial charge in [-0.2, -0.15) is 0 Å². The second kappa shape index (κ2) is 9.32. The molecule has 0 saturated carbocycles. The van der Waals surface area contributed by atoms with Crippen LogP contribution in [0.15, 0.2) is 103 Å². The van der Waals surface area contributed by atoms with Crippen molar-refractivity contribution in [3.8, 4) is 17.2 Å². The second-order valence-corrected chi connectivity index (χ2v) is 14.2. The quantitative estimate of drug-likeness (QED) is 0.386. The van der Waals surface area contributed by atoms with Gasteiger partial charge < -0.3 is 0 Å². The van der Waals surface area contributed by atoms with Crippen LogP contribution in [0, 0.1) is 0 Å². The summed E-state index contributed by atoms with van der Waals surface area (Å²) >= 11 is -3.06. The molecule has 156 valence electrons. The van der Waals surface area contributed by atoms with Crippen molar-refractivity contribution >= 4 is 31.0 Å². The molecule has 0 spiro atoms. The third kappa shape index (κ3) is 3.94. The summed E-state index contributed by atoms with van der Waals surface area (Å²) < 4.78 is 21.6. The van der Waals surface area contributed by atoms with E-state index in [0.29, 0.717) is 0 Å². The molecule has 0 saturated heterocycles. The number of rotatable bonds is 7. The van der Waals surface area contributed by atoms with E-state index in [1.54, 1.807) is 21.3 Å². The summed E-state index contributed by atoms with van der Waals surface area (Å²) in [5.74, 6) is 2.57. The van der Waals surface area contributed by atoms with Gasteiger partial charge in [-0.3, -0.25) is 0 Å². The van der Waals surface area contributed by atoms with Gasteiger partial charge in [0.25, 0.3) is 0 Å². The maximum atomic E-state index is 5.45. The Hall–Kier alpha value is -3.16. The standard InChI is InChI=1S/C27H26AsO3/c1-29-25-15-9-22(10-16-25)28(21-7-5-4-6-8-21,23-11-17-26(30-2)18-12-23)24-13-19-27(31-3)20-14-24/h4-20H,1-3H3/q+1.